The average Bonchev–Trinajstić information content (AvgIpc) is 2.86. The van der Waals surface area contributed by atoms with E-state index in [-0.39, 0.29) is 5.41 Å². The molecule has 3 rings (SSSR count). The number of ether oxygens (including phenoxy) is 1. The summed E-state index contributed by atoms with van der Waals surface area (Å²) in [5.41, 5.74) is 2.57. The SMILES string of the molecule is CNC(=O)Oc1cc2c(cc1Br)C1(C)CCN(C)C1N2C. The summed E-state index contributed by atoms with van der Waals surface area (Å²) in [7, 11) is 5.82. The van der Waals surface area contributed by atoms with Gasteiger partial charge in [0, 0.05) is 37.8 Å². The van der Waals surface area contributed by atoms with Crippen LogP contribution in [0.25, 0.3) is 0 Å². The van der Waals surface area contributed by atoms with Crippen LogP contribution in [0.5, 0.6) is 5.75 Å². The standard InChI is InChI=1S/C15H20BrN3O2/c1-15-5-6-18(3)13(15)19(4)11-8-12(21-14(20)17-2)10(16)7-9(11)15/h7-8,13H,5-6H2,1-4H3,(H,17,20). The molecule has 5 nitrogen and oxygen atoms in total. The van der Waals surface area contributed by atoms with Crippen LogP contribution in [0.2, 0.25) is 0 Å². The maximum Gasteiger partial charge on any atom is 0.412 e. The molecule has 1 aromatic rings. The largest absolute Gasteiger partial charge is 0.412 e. The van der Waals surface area contributed by atoms with E-state index >= 15 is 0 Å². The number of anilines is 1. The number of benzene rings is 1. The molecule has 1 saturated heterocycles. The van der Waals surface area contributed by atoms with E-state index in [2.05, 4.69) is 58.1 Å². The first kappa shape index (κ1) is 14.7. The summed E-state index contributed by atoms with van der Waals surface area (Å²) in [4.78, 5) is 16.1. The van der Waals surface area contributed by atoms with E-state index in [1.165, 1.54) is 5.56 Å². The number of fused-ring (bicyclic) bond motifs is 3. The van der Waals surface area contributed by atoms with Gasteiger partial charge in [-0.2, -0.15) is 0 Å². The summed E-state index contributed by atoms with van der Waals surface area (Å²) >= 11 is 3.53. The van der Waals surface area contributed by atoms with Gasteiger partial charge in [-0.05, 0) is 41.0 Å². The number of likely N-dealkylation sites (N-methyl/N-ethyl adjacent to an activating group) is 2. The van der Waals surface area contributed by atoms with Gasteiger partial charge >= 0.3 is 6.09 Å². The smallest absolute Gasteiger partial charge is 0.409 e. The number of nitrogens with zero attached hydrogens (tertiary/aromatic N) is 2. The Balaban J connectivity index is 2.06. The summed E-state index contributed by atoms with van der Waals surface area (Å²) in [5.74, 6) is 0.547. The predicted octanol–water partition coefficient (Wildman–Crippen LogP) is 2.54. The van der Waals surface area contributed by atoms with Gasteiger partial charge in [-0.1, -0.05) is 6.92 Å². The van der Waals surface area contributed by atoms with E-state index in [0.717, 1.165) is 23.1 Å². The van der Waals surface area contributed by atoms with Crippen LogP contribution in [-0.4, -0.2) is 44.8 Å². The molecule has 0 spiro atoms. The Morgan fingerprint density at radius 3 is 2.86 bits per heavy atom. The zero-order valence-corrected chi connectivity index (χ0v) is 14.3. The number of carbonyl (C=O) groups is 1. The average molecular weight is 354 g/mol. The summed E-state index contributed by atoms with van der Waals surface area (Å²) in [6.45, 7) is 3.41. The Hall–Kier alpha value is -1.27. The molecule has 2 unspecified atom stereocenters. The van der Waals surface area contributed by atoms with Gasteiger partial charge in [-0.3, -0.25) is 4.90 Å². The molecule has 1 N–H and O–H groups in total. The fourth-order valence-corrected chi connectivity index (χ4v) is 4.22. The lowest BCUT2D eigenvalue weighted by Gasteiger charge is -2.32. The highest BCUT2D eigenvalue weighted by Crippen LogP contribution is 2.53. The Bertz CT molecular complexity index is 607. The Kier molecular flexibility index (Phi) is 3.41. The number of likely N-dealkylation sites (tertiary alicyclic amines) is 1. The van der Waals surface area contributed by atoms with Gasteiger partial charge < -0.3 is 15.0 Å². The molecule has 1 fully saturated rings. The molecule has 1 amide bonds. The fraction of sp³-hybridized carbons (Fsp3) is 0.533. The molecule has 2 atom stereocenters. The van der Waals surface area contributed by atoms with Crippen molar-refractivity contribution in [3.63, 3.8) is 0 Å². The minimum absolute atomic E-state index is 0.118. The van der Waals surface area contributed by atoms with Gasteiger partial charge in [0.25, 0.3) is 0 Å². The number of halogens is 1. The quantitative estimate of drug-likeness (QED) is 0.842. The third-order valence-corrected chi connectivity index (χ3v) is 5.41. The van der Waals surface area contributed by atoms with Gasteiger partial charge in [-0.25, -0.2) is 4.79 Å². The lowest BCUT2D eigenvalue weighted by atomic mass is 9.81. The van der Waals surface area contributed by atoms with Crippen LogP contribution in [0.15, 0.2) is 16.6 Å². The molecular formula is C15H20BrN3O2. The minimum Gasteiger partial charge on any atom is -0.409 e. The normalized spacial score (nSPS) is 27.5. The van der Waals surface area contributed by atoms with Crippen molar-refractivity contribution >= 4 is 27.7 Å². The second-order valence-electron chi connectivity index (χ2n) is 6.07. The van der Waals surface area contributed by atoms with E-state index in [9.17, 15) is 4.79 Å². The van der Waals surface area contributed by atoms with Crippen molar-refractivity contribution < 1.29 is 9.53 Å². The van der Waals surface area contributed by atoms with Gasteiger partial charge in [-0.15, -0.1) is 0 Å². The highest BCUT2D eigenvalue weighted by Gasteiger charge is 2.52. The molecule has 0 aliphatic carbocycles. The van der Waals surface area contributed by atoms with Crippen molar-refractivity contribution in [1.82, 2.24) is 10.2 Å². The second kappa shape index (κ2) is 4.88. The first-order valence-electron chi connectivity index (χ1n) is 7.05. The number of hydrogen-bond donors (Lipinski definition) is 1. The van der Waals surface area contributed by atoms with Gasteiger partial charge in [0.2, 0.25) is 0 Å². The van der Waals surface area contributed by atoms with Gasteiger partial charge in [0.05, 0.1) is 10.6 Å². The fourth-order valence-electron chi connectivity index (χ4n) is 3.80. The van der Waals surface area contributed by atoms with Crippen LogP contribution < -0.4 is 15.0 Å². The summed E-state index contributed by atoms with van der Waals surface area (Å²) in [6.07, 6.45) is 1.03. The third-order valence-electron chi connectivity index (χ3n) is 4.79. The summed E-state index contributed by atoms with van der Waals surface area (Å²) < 4.78 is 6.13. The van der Waals surface area contributed by atoms with Crippen LogP contribution in [0.3, 0.4) is 0 Å². The van der Waals surface area contributed by atoms with Crippen LogP contribution in [0.1, 0.15) is 18.9 Å². The summed E-state index contributed by atoms with van der Waals surface area (Å²) in [6, 6.07) is 4.05. The molecule has 2 heterocycles. The lowest BCUT2D eigenvalue weighted by molar-refractivity contribution is 0.202. The van der Waals surface area contributed by atoms with E-state index in [4.69, 9.17) is 4.74 Å². The van der Waals surface area contributed by atoms with Crippen LogP contribution in [-0.2, 0) is 5.41 Å². The Labute approximate surface area is 133 Å². The molecule has 0 aromatic heterocycles. The van der Waals surface area contributed by atoms with E-state index in [1.54, 1.807) is 7.05 Å². The van der Waals surface area contributed by atoms with Crippen molar-refractivity contribution in [1.29, 1.82) is 0 Å². The van der Waals surface area contributed by atoms with E-state index in [0.29, 0.717) is 11.9 Å². The molecule has 1 aromatic carbocycles. The Morgan fingerprint density at radius 2 is 2.19 bits per heavy atom. The summed E-state index contributed by atoms with van der Waals surface area (Å²) in [5, 5.41) is 2.47. The van der Waals surface area contributed by atoms with E-state index < -0.39 is 6.09 Å². The molecule has 0 saturated carbocycles. The van der Waals surface area contributed by atoms with Crippen molar-refractivity contribution in [2.45, 2.75) is 24.9 Å². The molecule has 0 bridgehead atoms. The van der Waals surface area contributed by atoms with Crippen molar-refractivity contribution in [3.8, 4) is 5.75 Å². The lowest BCUT2D eigenvalue weighted by Crippen LogP contribution is -2.45. The number of carbonyl (C=O) groups excluding carboxylic acids is 1. The van der Waals surface area contributed by atoms with Crippen LogP contribution >= 0.6 is 15.9 Å². The van der Waals surface area contributed by atoms with Crippen molar-refractivity contribution in [2.24, 2.45) is 0 Å². The van der Waals surface area contributed by atoms with Gasteiger partial charge in [0.15, 0.2) is 0 Å². The number of rotatable bonds is 1. The van der Waals surface area contributed by atoms with E-state index in [1.807, 2.05) is 6.07 Å². The monoisotopic (exact) mass is 353 g/mol. The van der Waals surface area contributed by atoms with Crippen molar-refractivity contribution in [2.75, 3.05) is 32.6 Å². The molecule has 6 heteroatoms. The third kappa shape index (κ3) is 2.04. The van der Waals surface area contributed by atoms with Crippen molar-refractivity contribution in [3.05, 3.63) is 22.2 Å². The first-order valence-corrected chi connectivity index (χ1v) is 7.84. The van der Waals surface area contributed by atoms with Crippen LogP contribution in [0, 0.1) is 0 Å². The molecule has 0 radical (unpaired) electrons. The number of hydrogen-bond acceptors (Lipinski definition) is 4. The zero-order chi connectivity index (χ0) is 15.4. The topological polar surface area (TPSA) is 44.8 Å². The predicted molar refractivity (Wildman–Crippen MR) is 86.0 cm³/mol. The molecular weight excluding hydrogens is 334 g/mol. The first-order chi connectivity index (χ1) is 9.88. The van der Waals surface area contributed by atoms with Crippen LogP contribution in [0.4, 0.5) is 10.5 Å². The number of nitrogens with one attached hydrogen (secondary N) is 1. The highest BCUT2D eigenvalue weighted by molar-refractivity contribution is 9.10. The number of amides is 1. The maximum absolute atomic E-state index is 11.5. The molecule has 2 aliphatic rings. The molecule has 21 heavy (non-hydrogen) atoms. The molecule has 114 valence electrons. The minimum atomic E-state index is -0.458. The Morgan fingerprint density at radius 1 is 1.48 bits per heavy atom. The maximum atomic E-state index is 11.5. The molecule has 2 aliphatic heterocycles. The zero-order valence-electron chi connectivity index (χ0n) is 12.7. The second-order valence-corrected chi connectivity index (χ2v) is 6.93. The highest BCUT2D eigenvalue weighted by atomic mass is 79.9. The van der Waals surface area contributed by atoms with Gasteiger partial charge in [0.1, 0.15) is 5.75 Å².